The molecule has 1 aliphatic heterocycles. The number of thiophene rings is 1. The number of hydrogen-bond acceptors (Lipinski definition) is 2. The van der Waals surface area contributed by atoms with Crippen LogP contribution in [0.4, 0.5) is 0 Å². The van der Waals surface area contributed by atoms with Gasteiger partial charge in [-0.2, -0.15) is 11.3 Å². The zero-order valence-electron chi connectivity index (χ0n) is 7.78. The molecule has 4 heteroatoms. The van der Waals surface area contributed by atoms with Crippen LogP contribution in [-0.4, -0.2) is 23.2 Å². The van der Waals surface area contributed by atoms with Crippen molar-refractivity contribution in [1.29, 1.82) is 0 Å². The van der Waals surface area contributed by atoms with Gasteiger partial charge in [-0.3, -0.25) is 4.79 Å². The minimum atomic E-state index is 0.0559. The molecule has 1 amide bonds. The Morgan fingerprint density at radius 3 is 3.21 bits per heavy atom. The molecule has 1 aliphatic rings. The van der Waals surface area contributed by atoms with Crippen LogP contribution < -0.4 is 0 Å². The molecule has 0 spiro atoms. The fourth-order valence-electron chi connectivity index (χ4n) is 1.95. The minimum Gasteiger partial charge on any atom is -0.335 e. The van der Waals surface area contributed by atoms with Crippen LogP contribution in [-0.2, 0) is 4.79 Å². The molecule has 0 aromatic carbocycles. The average molecular weight is 230 g/mol. The molecule has 0 bridgehead atoms. The number of nitrogens with zero attached hydrogens (tertiary/aromatic N) is 1. The molecular formula is C10H12ClNOS. The van der Waals surface area contributed by atoms with E-state index in [-0.39, 0.29) is 17.8 Å². The number of rotatable bonds is 2. The van der Waals surface area contributed by atoms with E-state index in [4.69, 9.17) is 11.6 Å². The molecule has 14 heavy (non-hydrogen) atoms. The number of hydrogen-bond donors (Lipinski definition) is 0. The van der Waals surface area contributed by atoms with Crippen molar-refractivity contribution < 1.29 is 4.79 Å². The summed E-state index contributed by atoms with van der Waals surface area (Å²) < 4.78 is 0. The normalized spacial score (nSPS) is 21.5. The minimum absolute atomic E-state index is 0.0559. The Labute approximate surface area is 92.5 Å². The van der Waals surface area contributed by atoms with Gasteiger partial charge in [-0.1, -0.05) is 0 Å². The molecule has 0 saturated carbocycles. The number of carbonyl (C=O) groups excluding carboxylic acids is 1. The average Bonchev–Trinajstić information content (AvgIpc) is 2.85. The Morgan fingerprint density at radius 2 is 2.57 bits per heavy atom. The van der Waals surface area contributed by atoms with Crippen molar-refractivity contribution in [3.63, 3.8) is 0 Å². The van der Waals surface area contributed by atoms with E-state index in [2.05, 4.69) is 16.8 Å². The molecule has 1 atom stereocenters. The number of halogens is 1. The van der Waals surface area contributed by atoms with Crippen molar-refractivity contribution in [2.24, 2.45) is 0 Å². The quantitative estimate of drug-likeness (QED) is 0.714. The molecule has 0 aliphatic carbocycles. The van der Waals surface area contributed by atoms with Crippen molar-refractivity contribution >= 4 is 28.8 Å². The van der Waals surface area contributed by atoms with E-state index in [1.807, 2.05) is 4.90 Å². The molecule has 1 aromatic heterocycles. The topological polar surface area (TPSA) is 20.3 Å². The highest BCUT2D eigenvalue weighted by Crippen LogP contribution is 2.32. The highest BCUT2D eigenvalue weighted by molar-refractivity contribution is 7.07. The SMILES string of the molecule is O=C(CCl)N1CCCC1c1ccsc1. The Hall–Kier alpha value is -0.540. The van der Waals surface area contributed by atoms with Crippen LogP contribution >= 0.6 is 22.9 Å². The van der Waals surface area contributed by atoms with Crippen LogP contribution in [0.15, 0.2) is 16.8 Å². The summed E-state index contributed by atoms with van der Waals surface area (Å²) in [6.45, 7) is 0.853. The van der Waals surface area contributed by atoms with Crippen molar-refractivity contribution in [2.45, 2.75) is 18.9 Å². The molecule has 2 nitrogen and oxygen atoms in total. The number of alkyl halides is 1. The van der Waals surface area contributed by atoms with Crippen molar-refractivity contribution in [3.05, 3.63) is 22.4 Å². The first-order valence-corrected chi connectivity index (χ1v) is 6.18. The van der Waals surface area contributed by atoms with Gasteiger partial charge in [0, 0.05) is 6.54 Å². The fourth-order valence-corrected chi connectivity index (χ4v) is 2.81. The first kappa shape index (κ1) is 9.99. The highest BCUT2D eigenvalue weighted by atomic mass is 35.5. The van der Waals surface area contributed by atoms with Gasteiger partial charge in [0.05, 0.1) is 6.04 Å². The maximum atomic E-state index is 11.5. The summed E-state index contributed by atoms with van der Waals surface area (Å²) in [7, 11) is 0. The highest BCUT2D eigenvalue weighted by Gasteiger charge is 2.29. The van der Waals surface area contributed by atoms with Crippen LogP contribution in [0, 0.1) is 0 Å². The molecule has 2 heterocycles. The lowest BCUT2D eigenvalue weighted by Crippen LogP contribution is -2.31. The molecule has 2 rings (SSSR count). The van der Waals surface area contributed by atoms with Crippen LogP contribution in [0.1, 0.15) is 24.4 Å². The van der Waals surface area contributed by atoms with E-state index >= 15 is 0 Å². The van der Waals surface area contributed by atoms with Crippen LogP contribution in [0.2, 0.25) is 0 Å². The second-order valence-electron chi connectivity index (χ2n) is 3.44. The molecule has 1 fully saturated rings. The van der Waals surface area contributed by atoms with Gasteiger partial charge in [0.1, 0.15) is 5.88 Å². The van der Waals surface area contributed by atoms with Crippen molar-refractivity contribution in [2.75, 3.05) is 12.4 Å². The molecule has 0 N–H and O–H groups in total. The summed E-state index contributed by atoms with van der Waals surface area (Å²) in [4.78, 5) is 13.4. The largest absolute Gasteiger partial charge is 0.335 e. The third-order valence-corrected chi connectivity index (χ3v) is 3.55. The Kier molecular flexibility index (Phi) is 3.08. The smallest absolute Gasteiger partial charge is 0.238 e. The van der Waals surface area contributed by atoms with E-state index in [0.29, 0.717) is 0 Å². The monoisotopic (exact) mass is 229 g/mol. The molecule has 0 radical (unpaired) electrons. The lowest BCUT2D eigenvalue weighted by atomic mass is 10.1. The van der Waals surface area contributed by atoms with Gasteiger partial charge in [-0.25, -0.2) is 0 Å². The molecule has 1 unspecified atom stereocenters. The second-order valence-corrected chi connectivity index (χ2v) is 4.48. The predicted molar refractivity (Wildman–Crippen MR) is 58.7 cm³/mol. The summed E-state index contributed by atoms with van der Waals surface area (Å²) in [6, 6.07) is 2.36. The summed E-state index contributed by atoms with van der Waals surface area (Å²) in [5, 5.41) is 4.17. The van der Waals surface area contributed by atoms with Crippen molar-refractivity contribution in [1.82, 2.24) is 4.90 Å². The fraction of sp³-hybridized carbons (Fsp3) is 0.500. The van der Waals surface area contributed by atoms with Gasteiger partial charge < -0.3 is 4.90 Å². The first-order valence-electron chi connectivity index (χ1n) is 4.70. The van der Waals surface area contributed by atoms with E-state index in [9.17, 15) is 4.79 Å². The number of carbonyl (C=O) groups is 1. The van der Waals surface area contributed by atoms with Crippen molar-refractivity contribution in [3.8, 4) is 0 Å². The third-order valence-electron chi connectivity index (χ3n) is 2.62. The van der Waals surface area contributed by atoms with E-state index in [1.54, 1.807) is 11.3 Å². The van der Waals surface area contributed by atoms with E-state index in [0.717, 1.165) is 19.4 Å². The van der Waals surface area contributed by atoms with Gasteiger partial charge in [0.2, 0.25) is 5.91 Å². The van der Waals surface area contributed by atoms with Gasteiger partial charge in [0.15, 0.2) is 0 Å². The van der Waals surface area contributed by atoms with Crippen LogP contribution in [0.3, 0.4) is 0 Å². The number of amides is 1. The molecular weight excluding hydrogens is 218 g/mol. The third kappa shape index (κ3) is 1.79. The van der Waals surface area contributed by atoms with Crippen LogP contribution in [0.5, 0.6) is 0 Å². The zero-order chi connectivity index (χ0) is 9.97. The Balaban J connectivity index is 2.15. The van der Waals surface area contributed by atoms with Gasteiger partial charge in [0.25, 0.3) is 0 Å². The molecule has 76 valence electrons. The Bertz CT molecular complexity index is 312. The summed E-state index contributed by atoms with van der Waals surface area (Å²) >= 11 is 7.25. The van der Waals surface area contributed by atoms with Gasteiger partial charge in [-0.05, 0) is 35.2 Å². The maximum Gasteiger partial charge on any atom is 0.238 e. The first-order chi connectivity index (χ1) is 6.83. The van der Waals surface area contributed by atoms with Gasteiger partial charge >= 0.3 is 0 Å². The van der Waals surface area contributed by atoms with E-state index < -0.39 is 0 Å². The van der Waals surface area contributed by atoms with Crippen LogP contribution in [0.25, 0.3) is 0 Å². The van der Waals surface area contributed by atoms with Gasteiger partial charge in [-0.15, -0.1) is 11.6 Å². The lowest BCUT2D eigenvalue weighted by Gasteiger charge is -2.23. The number of likely N-dealkylation sites (tertiary alicyclic amines) is 1. The molecule has 1 saturated heterocycles. The summed E-state index contributed by atoms with van der Waals surface area (Å²) in [5.41, 5.74) is 1.26. The predicted octanol–water partition coefficient (Wildman–Crippen LogP) is 2.65. The lowest BCUT2D eigenvalue weighted by molar-refractivity contribution is -0.129. The maximum absolute atomic E-state index is 11.5. The summed E-state index contributed by atoms with van der Waals surface area (Å²) in [5.74, 6) is 0.154. The standard InChI is InChI=1S/C10H12ClNOS/c11-6-10(13)12-4-1-2-9(12)8-3-5-14-7-8/h3,5,7,9H,1-2,4,6H2. The van der Waals surface area contributed by atoms with E-state index in [1.165, 1.54) is 5.56 Å². The summed E-state index contributed by atoms with van der Waals surface area (Å²) in [6.07, 6.45) is 2.16. The zero-order valence-corrected chi connectivity index (χ0v) is 9.35. The Morgan fingerprint density at radius 1 is 1.71 bits per heavy atom. The molecule has 1 aromatic rings. The second kappa shape index (κ2) is 4.32.